The van der Waals surface area contributed by atoms with Gasteiger partial charge in [-0.05, 0) is 43.6 Å². The smallest absolute Gasteiger partial charge is 0.0816 e. The highest BCUT2D eigenvalue weighted by molar-refractivity contribution is 5.67. The first-order valence-electron chi connectivity index (χ1n) is 7.85. The van der Waals surface area contributed by atoms with Gasteiger partial charge in [0.1, 0.15) is 0 Å². The highest BCUT2D eigenvalue weighted by Crippen LogP contribution is 2.30. The lowest BCUT2D eigenvalue weighted by Gasteiger charge is -2.24. The SMILES string of the molecule is C#CC1=c2ncccc2=C(C(CC)CC(C)CC)CC1. The van der Waals surface area contributed by atoms with Gasteiger partial charge < -0.3 is 0 Å². The number of aromatic nitrogens is 1. The van der Waals surface area contributed by atoms with Crippen LogP contribution in [0.25, 0.3) is 11.1 Å². The molecule has 20 heavy (non-hydrogen) atoms. The van der Waals surface area contributed by atoms with E-state index in [9.17, 15) is 0 Å². The minimum absolute atomic E-state index is 0.673. The molecule has 2 atom stereocenters. The van der Waals surface area contributed by atoms with Crippen LogP contribution in [0.2, 0.25) is 0 Å². The lowest BCUT2D eigenvalue weighted by atomic mass is 9.81. The molecule has 0 N–H and O–H groups in total. The summed E-state index contributed by atoms with van der Waals surface area (Å²) >= 11 is 0. The van der Waals surface area contributed by atoms with Gasteiger partial charge in [0.2, 0.25) is 0 Å². The Labute approximate surface area is 122 Å². The molecule has 1 aliphatic carbocycles. The third-order valence-corrected chi connectivity index (χ3v) is 4.63. The fraction of sp³-hybridized carbons (Fsp3) is 0.526. The molecule has 2 unspecified atom stereocenters. The van der Waals surface area contributed by atoms with Crippen molar-refractivity contribution in [2.45, 2.75) is 52.9 Å². The summed E-state index contributed by atoms with van der Waals surface area (Å²) in [6.07, 6.45) is 13.3. The van der Waals surface area contributed by atoms with Crippen LogP contribution in [0.5, 0.6) is 0 Å². The fourth-order valence-corrected chi connectivity index (χ4v) is 3.19. The van der Waals surface area contributed by atoms with Gasteiger partial charge in [0, 0.05) is 17.0 Å². The second kappa shape index (κ2) is 6.75. The Balaban J connectivity index is 2.54. The van der Waals surface area contributed by atoms with Crippen LogP contribution in [0.4, 0.5) is 0 Å². The standard InChI is InChI=1S/C19H25N/c1-5-14(4)13-16(7-3)17-11-10-15(6-2)19-18(17)9-8-12-20-19/h2,8-9,12,14,16H,5,7,10-11,13H2,1,3-4H3. The molecule has 0 bridgehead atoms. The molecule has 0 fully saturated rings. The number of nitrogens with zero attached hydrogens (tertiary/aromatic N) is 1. The summed E-state index contributed by atoms with van der Waals surface area (Å²) in [5.74, 6) is 4.29. The lowest BCUT2D eigenvalue weighted by Crippen LogP contribution is -2.36. The summed E-state index contributed by atoms with van der Waals surface area (Å²) in [7, 11) is 0. The largest absolute Gasteiger partial charge is 0.255 e. The molecular formula is C19H25N. The maximum Gasteiger partial charge on any atom is 0.0816 e. The van der Waals surface area contributed by atoms with Crippen LogP contribution in [0.3, 0.4) is 0 Å². The van der Waals surface area contributed by atoms with Gasteiger partial charge in [0.05, 0.1) is 5.35 Å². The fourth-order valence-electron chi connectivity index (χ4n) is 3.19. The van der Waals surface area contributed by atoms with E-state index in [2.05, 4.69) is 37.7 Å². The van der Waals surface area contributed by atoms with Crippen molar-refractivity contribution in [1.29, 1.82) is 0 Å². The quantitative estimate of drug-likeness (QED) is 0.746. The van der Waals surface area contributed by atoms with Crippen LogP contribution in [-0.4, -0.2) is 4.98 Å². The van der Waals surface area contributed by atoms with E-state index in [4.69, 9.17) is 6.42 Å². The number of terminal acetylenes is 1. The molecule has 0 amide bonds. The summed E-state index contributed by atoms with van der Waals surface area (Å²) in [6.45, 7) is 6.94. The van der Waals surface area contributed by atoms with Gasteiger partial charge in [-0.15, -0.1) is 6.42 Å². The minimum atomic E-state index is 0.673. The van der Waals surface area contributed by atoms with Crippen molar-refractivity contribution >= 4 is 11.1 Å². The third-order valence-electron chi connectivity index (χ3n) is 4.63. The van der Waals surface area contributed by atoms with Crippen LogP contribution in [0, 0.1) is 24.2 Å². The van der Waals surface area contributed by atoms with E-state index in [-0.39, 0.29) is 0 Å². The van der Waals surface area contributed by atoms with Crippen LogP contribution in [0.15, 0.2) is 18.3 Å². The van der Waals surface area contributed by atoms with Crippen LogP contribution < -0.4 is 10.6 Å². The van der Waals surface area contributed by atoms with Crippen molar-refractivity contribution in [2.75, 3.05) is 0 Å². The molecule has 1 nitrogen and oxygen atoms in total. The van der Waals surface area contributed by atoms with E-state index in [0.717, 1.165) is 29.7 Å². The van der Waals surface area contributed by atoms with Gasteiger partial charge >= 0.3 is 0 Å². The molecule has 0 saturated carbocycles. The normalized spacial score (nSPS) is 17.3. The predicted molar refractivity (Wildman–Crippen MR) is 86.2 cm³/mol. The molecule has 1 heteroatoms. The average Bonchev–Trinajstić information content (AvgIpc) is 2.51. The van der Waals surface area contributed by atoms with Crippen LogP contribution in [0.1, 0.15) is 52.9 Å². The molecule has 0 spiro atoms. The topological polar surface area (TPSA) is 12.9 Å². The number of rotatable bonds is 5. The van der Waals surface area contributed by atoms with Crippen molar-refractivity contribution in [2.24, 2.45) is 11.8 Å². The molecule has 1 aliphatic rings. The zero-order valence-electron chi connectivity index (χ0n) is 12.9. The van der Waals surface area contributed by atoms with Gasteiger partial charge in [-0.2, -0.15) is 0 Å². The predicted octanol–water partition coefficient (Wildman–Crippen LogP) is 3.27. The van der Waals surface area contributed by atoms with Gasteiger partial charge in [-0.3, -0.25) is 4.98 Å². The molecule has 2 rings (SSSR count). The first-order valence-corrected chi connectivity index (χ1v) is 7.85. The second-order valence-electron chi connectivity index (χ2n) is 5.90. The molecule has 0 saturated heterocycles. The summed E-state index contributed by atoms with van der Waals surface area (Å²) in [4.78, 5) is 4.54. The van der Waals surface area contributed by atoms with Crippen molar-refractivity contribution in [3.8, 4) is 12.3 Å². The molecule has 0 aromatic carbocycles. The summed E-state index contributed by atoms with van der Waals surface area (Å²) in [6, 6.07) is 4.24. The first kappa shape index (κ1) is 14.9. The Bertz CT molecular complexity index is 618. The number of fused-ring (bicyclic) bond motifs is 1. The maximum absolute atomic E-state index is 5.64. The van der Waals surface area contributed by atoms with E-state index >= 15 is 0 Å². The zero-order valence-corrected chi connectivity index (χ0v) is 12.9. The summed E-state index contributed by atoms with van der Waals surface area (Å²) in [5.41, 5.74) is 2.65. The van der Waals surface area contributed by atoms with E-state index in [0.29, 0.717) is 5.92 Å². The van der Waals surface area contributed by atoms with Crippen LogP contribution >= 0.6 is 0 Å². The molecule has 0 radical (unpaired) electrons. The van der Waals surface area contributed by atoms with Gasteiger partial charge in [-0.25, -0.2) is 0 Å². The molecule has 1 aromatic rings. The Morgan fingerprint density at radius 1 is 1.30 bits per heavy atom. The minimum Gasteiger partial charge on any atom is -0.255 e. The van der Waals surface area contributed by atoms with E-state index < -0.39 is 0 Å². The first-order chi connectivity index (χ1) is 9.71. The molecule has 0 aliphatic heterocycles. The number of hydrogen-bond donors (Lipinski definition) is 0. The Morgan fingerprint density at radius 2 is 2.10 bits per heavy atom. The monoisotopic (exact) mass is 267 g/mol. The van der Waals surface area contributed by atoms with Crippen molar-refractivity contribution < 1.29 is 0 Å². The van der Waals surface area contributed by atoms with E-state index in [1.54, 1.807) is 5.57 Å². The summed E-state index contributed by atoms with van der Waals surface area (Å²) < 4.78 is 0. The third kappa shape index (κ3) is 2.96. The number of hydrogen-bond acceptors (Lipinski definition) is 1. The average molecular weight is 267 g/mol. The van der Waals surface area contributed by atoms with Crippen molar-refractivity contribution in [1.82, 2.24) is 4.98 Å². The number of pyridine rings is 1. The molecule has 106 valence electrons. The summed E-state index contributed by atoms with van der Waals surface area (Å²) in [5, 5.41) is 2.36. The highest BCUT2D eigenvalue weighted by atomic mass is 14.6. The van der Waals surface area contributed by atoms with Gasteiger partial charge in [-0.1, -0.05) is 44.8 Å². The maximum atomic E-state index is 5.64. The Kier molecular flexibility index (Phi) is 5.01. The Morgan fingerprint density at radius 3 is 2.75 bits per heavy atom. The van der Waals surface area contributed by atoms with Gasteiger partial charge in [0.25, 0.3) is 0 Å². The van der Waals surface area contributed by atoms with Crippen molar-refractivity contribution in [3.05, 3.63) is 28.9 Å². The van der Waals surface area contributed by atoms with Gasteiger partial charge in [0.15, 0.2) is 0 Å². The highest BCUT2D eigenvalue weighted by Gasteiger charge is 2.19. The van der Waals surface area contributed by atoms with E-state index in [1.165, 1.54) is 24.5 Å². The zero-order chi connectivity index (χ0) is 14.5. The second-order valence-corrected chi connectivity index (χ2v) is 5.90. The molecular weight excluding hydrogens is 242 g/mol. The molecule has 1 aromatic heterocycles. The van der Waals surface area contributed by atoms with E-state index in [1.807, 2.05) is 12.3 Å². The molecule has 1 heterocycles. The van der Waals surface area contributed by atoms with Crippen LogP contribution in [-0.2, 0) is 0 Å². The van der Waals surface area contributed by atoms with Crippen molar-refractivity contribution in [3.63, 3.8) is 0 Å². The lowest BCUT2D eigenvalue weighted by molar-refractivity contribution is 0.428. The Hall–Kier alpha value is -1.55.